The zero-order chi connectivity index (χ0) is 9.97. The van der Waals surface area contributed by atoms with Gasteiger partial charge in [0, 0.05) is 29.1 Å². The summed E-state index contributed by atoms with van der Waals surface area (Å²) in [5, 5.41) is 0.986. The number of carbonyl (C=O) groups is 1. The van der Waals surface area contributed by atoms with Crippen LogP contribution in [0.25, 0.3) is 10.9 Å². The molecular weight excluding hydrogens is 174 g/mol. The summed E-state index contributed by atoms with van der Waals surface area (Å²) in [5.74, 6) is 0.109. The van der Waals surface area contributed by atoms with Crippen LogP contribution in [0, 0.1) is 0 Å². The number of nitrogens with one attached hydrogen (secondary N) is 1. The van der Waals surface area contributed by atoms with Crippen molar-refractivity contribution in [3.63, 3.8) is 0 Å². The second-order valence-corrected chi connectivity index (χ2v) is 3.16. The molecule has 2 aromatic rings. The first-order chi connectivity index (χ1) is 6.83. The van der Waals surface area contributed by atoms with E-state index in [1.165, 1.54) is 0 Å². The minimum atomic E-state index is 0.109. The molecule has 0 bridgehead atoms. The van der Waals surface area contributed by atoms with Crippen molar-refractivity contribution in [3.05, 3.63) is 48.7 Å². The Morgan fingerprint density at radius 2 is 2.21 bits per heavy atom. The first kappa shape index (κ1) is 8.75. The molecule has 0 amide bonds. The van der Waals surface area contributed by atoms with Gasteiger partial charge in [-0.15, -0.1) is 6.58 Å². The third-order valence-electron chi connectivity index (χ3n) is 2.22. The van der Waals surface area contributed by atoms with E-state index in [2.05, 4.69) is 11.6 Å². The van der Waals surface area contributed by atoms with Gasteiger partial charge in [-0.2, -0.15) is 0 Å². The lowest BCUT2D eigenvalue weighted by atomic mass is 10.1. The van der Waals surface area contributed by atoms with Crippen molar-refractivity contribution in [1.29, 1.82) is 0 Å². The lowest BCUT2D eigenvalue weighted by molar-refractivity contribution is 0.0997. The predicted octanol–water partition coefficient (Wildman–Crippen LogP) is 2.93. The third-order valence-corrected chi connectivity index (χ3v) is 2.22. The van der Waals surface area contributed by atoms with Gasteiger partial charge in [0.25, 0.3) is 0 Å². The maximum Gasteiger partial charge on any atom is 0.168 e. The number of benzene rings is 1. The number of rotatable bonds is 3. The summed E-state index contributed by atoms with van der Waals surface area (Å²) in [4.78, 5) is 14.7. The number of carbonyl (C=O) groups excluding carboxylic acids is 1. The molecule has 0 spiro atoms. The van der Waals surface area contributed by atoms with E-state index in [9.17, 15) is 4.79 Å². The number of H-pyrrole nitrogens is 1. The van der Waals surface area contributed by atoms with Crippen LogP contribution in [-0.4, -0.2) is 10.8 Å². The summed E-state index contributed by atoms with van der Waals surface area (Å²) in [7, 11) is 0. The Hall–Kier alpha value is -1.83. The van der Waals surface area contributed by atoms with Crippen LogP contribution in [0.2, 0.25) is 0 Å². The molecule has 0 radical (unpaired) electrons. The van der Waals surface area contributed by atoms with E-state index in [1.54, 1.807) is 12.3 Å². The number of ketones is 1. The number of allylic oxidation sites excluding steroid dienone is 1. The molecule has 0 unspecified atom stereocenters. The van der Waals surface area contributed by atoms with Crippen LogP contribution >= 0.6 is 0 Å². The minimum Gasteiger partial charge on any atom is -0.360 e. The predicted molar refractivity (Wildman–Crippen MR) is 57.4 cm³/mol. The molecule has 0 aliphatic heterocycles. The molecule has 0 aliphatic rings. The normalized spacial score (nSPS) is 10.3. The highest BCUT2D eigenvalue weighted by Gasteiger charge is 2.09. The van der Waals surface area contributed by atoms with Crippen LogP contribution < -0.4 is 0 Å². The molecule has 2 nitrogen and oxygen atoms in total. The van der Waals surface area contributed by atoms with Crippen LogP contribution in [0.15, 0.2) is 43.1 Å². The van der Waals surface area contributed by atoms with E-state index in [0.29, 0.717) is 6.42 Å². The smallest absolute Gasteiger partial charge is 0.168 e. The molecule has 2 rings (SSSR count). The fraction of sp³-hybridized carbons (Fsp3) is 0.0833. The molecule has 14 heavy (non-hydrogen) atoms. The summed E-state index contributed by atoms with van der Waals surface area (Å²) < 4.78 is 0. The number of aromatic amines is 1. The van der Waals surface area contributed by atoms with Crippen molar-refractivity contribution in [1.82, 2.24) is 4.98 Å². The summed E-state index contributed by atoms with van der Waals surface area (Å²) in [5.41, 5.74) is 1.75. The molecule has 1 aromatic carbocycles. The second-order valence-electron chi connectivity index (χ2n) is 3.16. The van der Waals surface area contributed by atoms with Crippen LogP contribution in [0.1, 0.15) is 16.8 Å². The average Bonchev–Trinajstić information content (AvgIpc) is 2.61. The minimum absolute atomic E-state index is 0.109. The maximum absolute atomic E-state index is 11.6. The highest BCUT2D eigenvalue weighted by atomic mass is 16.1. The lowest BCUT2D eigenvalue weighted by Gasteiger charge is -1.94. The molecule has 2 heteroatoms. The Kier molecular flexibility index (Phi) is 2.19. The van der Waals surface area contributed by atoms with Gasteiger partial charge in [-0.1, -0.05) is 24.3 Å². The van der Waals surface area contributed by atoms with Gasteiger partial charge in [0.05, 0.1) is 0 Å². The SMILES string of the molecule is C=CCC(=O)c1c[nH]c2ccccc12. The van der Waals surface area contributed by atoms with Crippen LogP contribution in [-0.2, 0) is 0 Å². The average molecular weight is 185 g/mol. The quantitative estimate of drug-likeness (QED) is 0.578. The van der Waals surface area contributed by atoms with Gasteiger partial charge in [-0.3, -0.25) is 4.79 Å². The first-order valence-electron chi connectivity index (χ1n) is 4.53. The molecule has 0 saturated heterocycles. The van der Waals surface area contributed by atoms with Crippen molar-refractivity contribution in [2.24, 2.45) is 0 Å². The Morgan fingerprint density at radius 1 is 1.43 bits per heavy atom. The van der Waals surface area contributed by atoms with Crippen LogP contribution in [0.5, 0.6) is 0 Å². The molecule has 0 fully saturated rings. The summed E-state index contributed by atoms with van der Waals surface area (Å²) in [6, 6.07) is 7.78. The topological polar surface area (TPSA) is 32.9 Å². The van der Waals surface area contributed by atoms with E-state index in [0.717, 1.165) is 16.5 Å². The summed E-state index contributed by atoms with van der Waals surface area (Å²) in [6.45, 7) is 3.56. The van der Waals surface area contributed by atoms with E-state index in [1.807, 2.05) is 24.3 Å². The molecule has 1 N–H and O–H groups in total. The van der Waals surface area contributed by atoms with Crippen LogP contribution in [0.4, 0.5) is 0 Å². The number of hydrogen-bond acceptors (Lipinski definition) is 1. The Labute approximate surface area is 82.3 Å². The standard InChI is InChI=1S/C12H11NO/c1-2-5-12(14)10-8-13-11-7-4-3-6-9(10)11/h2-4,6-8,13H,1,5H2. The highest BCUT2D eigenvalue weighted by molar-refractivity contribution is 6.08. The van der Waals surface area contributed by atoms with Gasteiger partial charge < -0.3 is 4.98 Å². The van der Waals surface area contributed by atoms with Gasteiger partial charge in [0.2, 0.25) is 0 Å². The van der Waals surface area contributed by atoms with E-state index in [-0.39, 0.29) is 5.78 Å². The van der Waals surface area contributed by atoms with E-state index >= 15 is 0 Å². The molecule has 0 aliphatic carbocycles. The molecular formula is C12H11NO. The monoisotopic (exact) mass is 185 g/mol. The van der Waals surface area contributed by atoms with Gasteiger partial charge in [-0.25, -0.2) is 0 Å². The van der Waals surface area contributed by atoms with Crippen molar-refractivity contribution in [2.45, 2.75) is 6.42 Å². The van der Waals surface area contributed by atoms with Gasteiger partial charge in [0.15, 0.2) is 5.78 Å². The molecule has 1 heterocycles. The summed E-state index contributed by atoms with van der Waals surface area (Å²) >= 11 is 0. The number of para-hydroxylation sites is 1. The third kappa shape index (κ3) is 1.35. The van der Waals surface area contributed by atoms with E-state index < -0.39 is 0 Å². The van der Waals surface area contributed by atoms with Gasteiger partial charge >= 0.3 is 0 Å². The van der Waals surface area contributed by atoms with Crippen LogP contribution in [0.3, 0.4) is 0 Å². The fourth-order valence-corrected chi connectivity index (χ4v) is 1.54. The zero-order valence-corrected chi connectivity index (χ0v) is 7.79. The van der Waals surface area contributed by atoms with Crippen molar-refractivity contribution < 1.29 is 4.79 Å². The number of Topliss-reactive ketones (excluding diaryl/α,β-unsaturated/α-hetero) is 1. The molecule has 0 atom stereocenters. The van der Waals surface area contributed by atoms with Gasteiger partial charge in [0.1, 0.15) is 0 Å². The number of fused-ring (bicyclic) bond motifs is 1. The Balaban J connectivity index is 2.52. The van der Waals surface area contributed by atoms with E-state index in [4.69, 9.17) is 0 Å². The fourth-order valence-electron chi connectivity index (χ4n) is 1.54. The maximum atomic E-state index is 11.6. The molecule has 0 saturated carbocycles. The number of aromatic nitrogens is 1. The van der Waals surface area contributed by atoms with Crippen molar-refractivity contribution in [2.75, 3.05) is 0 Å². The zero-order valence-electron chi connectivity index (χ0n) is 7.79. The first-order valence-corrected chi connectivity index (χ1v) is 4.53. The molecule has 1 aromatic heterocycles. The molecule has 70 valence electrons. The largest absolute Gasteiger partial charge is 0.360 e. The number of hydrogen-bond donors (Lipinski definition) is 1. The highest BCUT2D eigenvalue weighted by Crippen LogP contribution is 2.18. The Bertz CT molecular complexity index is 482. The lowest BCUT2D eigenvalue weighted by Crippen LogP contribution is -1.94. The Morgan fingerprint density at radius 3 is 3.00 bits per heavy atom. The second kappa shape index (κ2) is 3.50. The van der Waals surface area contributed by atoms with Crippen molar-refractivity contribution >= 4 is 16.7 Å². The van der Waals surface area contributed by atoms with Crippen molar-refractivity contribution in [3.8, 4) is 0 Å². The summed E-state index contributed by atoms with van der Waals surface area (Å²) in [6.07, 6.45) is 3.78. The van der Waals surface area contributed by atoms with Gasteiger partial charge in [-0.05, 0) is 6.07 Å².